The summed E-state index contributed by atoms with van der Waals surface area (Å²) in [4.78, 5) is 26.3. The van der Waals surface area contributed by atoms with Crippen LogP contribution in [0.5, 0.6) is 5.75 Å². The summed E-state index contributed by atoms with van der Waals surface area (Å²) in [5.41, 5.74) is 0.700. The third-order valence-corrected chi connectivity index (χ3v) is 4.43. The second-order valence-corrected chi connectivity index (χ2v) is 6.47. The van der Waals surface area contributed by atoms with Crippen molar-refractivity contribution in [2.75, 3.05) is 25.0 Å². The van der Waals surface area contributed by atoms with Crippen LogP contribution in [-0.4, -0.2) is 42.6 Å². The Labute approximate surface area is 149 Å². The summed E-state index contributed by atoms with van der Waals surface area (Å²) in [6.45, 7) is 7.73. The van der Waals surface area contributed by atoms with Gasteiger partial charge in [0.15, 0.2) is 0 Å². The van der Waals surface area contributed by atoms with Crippen molar-refractivity contribution in [2.24, 2.45) is 5.92 Å². The van der Waals surface area contributed by atoms with Crippen molar-refractivity contribution in [2.45, 2.75) is 46.1 Å². The molecule has 1 aliphatic rings. The van der Waals surface area contributed by atoms with Gasteiger partial charge < -0.3 is 20.3 Å². The number of carbonyl (C=O) groups excluding carboxylic acids is 2. The molecule has 6 nitrogen and oxygen atoms in total. The van der Waals surface area contributed by atoms with Crippen molar-refractivity contribution >= 4 is 17.6 Å². The van der Waals surface area contributed by atoms with E-state index in [0.29, 0.717) is 25.3 Å². The van der Waals surface area contributed by atoms with Crippen LogP contribution in [0, 0.1) is 5.92 Å². The molecule has 0 radical (unpaired) electrons. The minimum atomic E-state index is -0.172. The summed E-state index contributed by atoms with van der Waals surface area (Å²) in [6.07, 6.45) is 2.72. The van der Waals surface area contributed by atoms with Crippen LogP contribution in [-0.2, 0) is 4.79 Å². The highest BCUT2D eigenvalue weighted by Gasteiger charge is 2.28. The molecule has 1 aliphatic heterocycles. The van der Waals surface area contributed by atoms with Gasteiger partial charge in [-0.2, -0.15) is 0 Å². The van der Waals surface area contributed by atoms with Crippen molar-refractivity contribution in [1.82, 2.24) is 10.2 Å². The molecule has 2 N–H and O–H groups in total. The highest BCUT2D eigenvalue weighted by atomic mass is 16.5. The van der Waals surface area contributed by atoms with Gasteiger partial charge in [0.1, 0.15) is 5.75 Å². The molecule has 0 bridgehead atoms. The molecule has 1 saturated heterocycles. The first kappa shape index (κ1) is 19.1. The van der Waals surface area contributed by atoms with Gasteiger partial charge in [0.25, 0.3) is 0 Å². The molecular weight excluding hydrogens is 318 g/mol. The second kappa shape index (κ2) is 9.30. The lowest BCUT2D eigenvalue weighted by molar-refractivity contribution is -0.126. The van der Waals surface area contributed by atoms with Gasteiger partial charge in [-0.1, -0.05) is 13.0 Å². The predicted octanol–water partition coefficient (Wildman–Crippen LogP) is 3.24. The Morgan fingerprint density at radius 1 is 1.36 bits per heavy atom. The van der Waals surface area contributed by atoms with E-state index in [1.807, 2.05) is 38.1 Å². The van der Waals surface area contributed by atoms with Gasteiger partial charge in [-0.15, -0.1) is 0 Å². The van der Waals surface area contributed by atoms with Crippen LogP contribution in [0.15, 0.2) is 24.3 Å². The SMILES string of the molecule is CCNC(=O)C1CCCN(C(=O)Nc2cccc(OC(C)CC)c2)C1. The number of piperidine rings is 1. The van der Waals surface area contributed by atoms with Gasteiger partial charge in [-0.3, -0.25) is 4.79 Å². The number of amides is 3. The first-order chi connectivity index (χ1) is 12.0. The number of hydrogen-bond acceptors (Lipinski definition) is 3. The number of carbonyl (C=O) groups is 2. The maximum Gasteiger partial charge on any atom is 0.321 e. The molecule has 2 unspecified atom stereocenters. The molecule has 25 heavy (non-hydrogen) atoms. The van der Waals surface area contributed by atoms with Gasteiger partial charge in [0.2, 0.25) is 5.91 Å². The Hall–Kier alpha value is -2.24. The molecule has 138 valence electrons. The molecule has 1 aromatic carbocycles. The van der Waals surface area contributed by atoms with E-state index in [-0.39, 0.29) is 24.0 Å². The lowest BCUT2D eigenvalue weighted by Gasteiger charge is -2.32. The minimum Gasteiger partial charge on any atom is -0.491 e. The maximum absolute atomic E-state index is 12.5. The van der Waals surface area contributed by atoms with Crippen molar-refractivity contribution in [3.63, 3.8) is 0 Å². The Balaban J connectivity index is 1.94. The number of rotatable bonds is 6. The van der Waals surface area contributed by atoms with E-state index in [1.54, 1.807) is 4.90 Å². The predicted molar refractivity (Wildman–Crippen MR) is 98.8 cm³/mol. The maximum atomic E-state index is 12.5. The lowest BCUT2D eigenvalue weighted by atomic mass is 9.97. The van der Waals surface area contributed by atoms with Gasteiger partial charge in [0.05, 0.1) is 12.0 Å². The number of ether oxygens (including phenoxy) is 1. The molecular formula is C19H29N3O3. The molecule has 6 heteroatoms. The summed E-state index contributed by atoms with van der Waals surface area (Å²) >= 11 is 0. The fourth-order valence-corrected chi connectivity index (χ4v) is 2.86. The van der Waals surface area contributed by atoms with Gasteiger partial charge in [-0.25, -0.2) is 4.79 Å². The molecule has 0 spiro atoms. The molecule has 1 heterocycles. The first-order valence-corrected chi connectivity index (χ1v) is 9.13. The average molecular weight is 347 g/mol. The number of anilines is 1. The molecule has 1 fully saturated rings. The Morgan fingerprint density at radius 2 is 2.16 bits per heavy atom. The second-order valence-electron chi connectivity index (χ2n) is 6.47. The van der Waals surface area contributed by atoms with Gasteiger partial charge >= 0.3 is 6.03 Å². The Morgan fingerprint density at radius 3 is 2.88 bits per heavy atom. The monoisotopic (exact) mass is 347 g/mol. The number of nitrogens with one attached hydrogen (secondary N) is 2. The van der Waals surface area contributed by atoms with Crippen LogP contribution in [0.2, 0.25) is 0 Å². The normalized spacial score (nSPS) is 18.4. The van der Waals surface area contributed by atoms with E-state index in [4.69, 9.17) is 4.74 Å². The third kappa shape index (κ3) is 5.66. The van der Waals surface area contributed by atoms with E-state index in [1.165, 1.54) is 0 Å². The molecule has 2 atom stereocenters. The highest BCUT2D eigenvalue weighted by molar-refractivity contribution is 5.90. The third-order valence-electron chi connectivity index (χ3n) is 4.43. The first-order valence-electron chi connectivity index (χ1n) is 9.13. The molecule has 0 aromatic heterocycles. The van der Waals surface area contributed by atoms with E-state index < -0.39 is 0 Å². The fourth-order valence-electron chi connectivity index (χ4n) is 2.86. The fraction of sp³-hybridized carbons (Fsp3) is 0.579. The van der Waals surface area contributed by atoms with Crippen molar-refractivity contribution in [3.8, 4) is 5.75 Å². The smallest absolute Gasteiger partial charge is 0.321 e. The van der Waals surface area contributed by atoms with Crippen LogP contribution in [0.25, 0.3) is 0 Å². The van der Waals surface area contributed by atoms with Crippen molar-refractivity contribution < 1.29 is 14.3 Å². The molecule has 3 amide bonds. The van der Waals surface area contributed by atoms with Crippen LogP contribution >= 0.6 is 0 Å². The zero-order valence-corrected chi connectivity index (χ0v) is 15.4. The standard InChI is InChI=1S/C19H29N3O3/c1-4-14(3)25-17-10-6-9-16(12-17)21-19(24)22-11-7-8-15(13-22)18(23)20-5-2/h6,9-10,12,14-15H,4-5,7-8,11,13H2,1-3H3,(H,20,23)(H,21,24). The number of urea groups is 1. The molecule has 0 aliphatic carbocycles. The van der Waals surface area contributed by atoms with E-state index in [9.17, 15) is 9.59 Å². The Kier molecular flexibility index (Phi) is 7.10. The zero-order chi connectivity index (χ0) is 18.2. The van der Waals surface area contributed by atoms with E-state index in [2.05, 4.69) is 17.6 Å². The lowest BCUT2D eigenvalue weighted by Crippen LogP contribution is -2.46. The van der Waals surface area contributed by atoms with E-state index in [0.717, 1.165) is 25.0 Å². The topological polar surface area (TPSA) is 70.7 Å². The van der Waals surface area contributed by atoms with E-state index >= 15 is 0 Å². The highest BCUT2D eigenvalue weighted by Crippen LogP contribution is 2.21. The van der Waals surface area contributed by atoms with Crippen LogP contribution in [0.1, 0.15) is 40.0 Å². The van der Waals surface area contributed by atoms with Crippen LogP contribution in [0.4, 0.5) is 10.5 Å². The molecule has 1 aromatic rings. The molecule has 2 rings (SSSR count). The van der Waals surface area contributed by atoms with Crippen molar-refractivity contribution in [1.29, 1.82) is 0 Å². The number of hydrogen-bond donors (Lipinski definition) is 2. The van der Waals surface area contributed by atoms with Crippen LogP contribution in [0.3, 0.4) is 0 Å². The summed E-state index contributed by atoms with van der Waals surface area (Å²) in [5.74, 6) is 0.648. The van der Waals surface area contributed by atoms with Gasteiger partial charge in [-0.05, 0) is 45.2 Å². The number of nitrogens with zero attached hydrogens (tertiary/aromatic N) is 1. The molecule has 0 saturated carbocycles. The minimum absolute atomic E-state index is 0.0314. The summed E-state index contributed by atoms with van der Waals surface area (Å²) in [6, 6.07) is 7.24. The average Bonchev–Trinajstić information content (AvgIpc) is 2.62. The quantitative estimate of drug-likeness (QED) is 0.830. The van der Waals surface area contributed by atoms with Crippen LogP contribution < -0.4 is 15.4 Å². The zero-order valence-electron chi connectivity index (χ0n) is 15.4. The summed E-state index contributed by atoms with van der Waals surface area (Å²) < 4.78 is 5.79. The number of benzene rings is 1. The number of likely N-dealkylation sites (tertiary alicyclic amines) is 1. The summed E-state index contributed by atoms with van der Waals surface area (Å²) in [7, 11) is 0. The largest absolute Gasteiger partial charge is 0.491 e. The summed E-state index contributed by atoms with van der Waals surface area (Å²) in [5, 5.41) is 5.75. The van der Waals surface area contributed by atoms with Crippen molar-refractivity contribution in [3.05, 3.63) is 24.3 Å². The van der Waals surface area contributed by atoms with Gasteiger partial charge in [0, 0.05) is 31.4 Å². The Bertz CT molecular complexity index is 591.